The Morgan fingerprint density at radius 2 is 1.94 bits per heavy atom. The zero-order valence-corrected chi connectivity index (χ0v) is 11.6. The standard InChI is InChI=1S/C15H26O2/c1-5-14(15(16)17)11-7-10-13(4)9-6-8-12(2)3/h5,8,13H,6-7,9-11H2,1-4H3,(H,16,17). The summed E-state index contributed by atoms with van der Waals surface area (Å²) in [5, 5.41) is 8.86. The van der Waals surface area contributed by atoms with Crippen LogP contribution in [0.4, 0.5) is 0 Å². The third-order valence-corrected chi connectivity index (χ3v) is 2.98. The van der Waals surface area contributed by atoms with Crippen molar-refractivity contribution in [3.05, 3.63) is 23.3 Å². The third-order valence-electron chi connectivity index (χ3n) is 2.98. The topological polar surface area (TPSA) is 37.3 Å². The minimum atomic E-state index is -0.773. The number of hydrogen-bond acceptors (Lipinski definition) is 1. The lowest BCUT2D eigenvalue weighted by molar-refractivity contribution is -0.132. The molecule has 0 aromatic heterocycles. The molecule has 98 valence electrons. The number of carboxylic acids is 1. The van der Waals surface area contributed by atoms with Crippen LogP contribution in [0, 0.1) is 5.92 Å². The second-order valence-electron chi connectivity index (χ2n) is 4.98. The summed E-state index contributed by atoms with van der Waals surface area (Å²) in [7, 11) is 0. The minimum absolute atomic E-state index is 0.543. The molecule has 0 heterocycles. The summed E-state index contributed by atoms with van der Waals surface area (Å²) >= 11 is 0. The Morgan fingerprint density at radius 1 is 1.29 bits per heavy atom. The van der Waals surface area contributed by atoms with Gasteiger partial charge in [0.25, 0.3) is 0 Å². The predicted molar refractivity (Wildman–Crippen MR) is 73.1 cm³/mol. The molecule has 1 N–H and O–H groups in total. The fourth-order valence-electron chi connectivity index (χ4n) is 1.82. The molecule has 0 aromatic carbocycles. The van der Waals surface area contributed by atoms with Crippen LogP contribution in [0.2, 0.25) is 0 Å². The molecule has 0 saturated heterocycles. The summed E-state index contributed by atoms with van der Waals surface area (Å²) in [5.74, 6) is -0.0952. The predicted octanol–water partition coefficient (Wildman–Crippen LogP) is 4.57. The summed E-state index contributed by atoms with van der Waals surface area (Å²) in [6, 6.07) is 0. The van der Waals surface area contributed by atoms with Gasteiger partial charge >= 0.3 is 5.97 Å². The highest BCUT2D eigenvalue weighted by molar-refractivity contribution is 5.86. The summed E-state index contributed by atoms with van der Waals surface area (Å²) < 4.78 is 0. The third kappa shape index (κ3) is 8.73. The average molecular weight is 238 g/mol. The minimum Gasteiger partial charge on any atom is -0.478 e. The first kappa shape index (κ1) is 16.0. The van der Waals surface area contributed by atoms with Gasteiger partial charge in [-0.05, 0) is 52.4 Å². The van der Waals surface area contributed by atoms with Gasteiger partial charge < -0.3 is 5.11 Å². The molecule has 0 aliphatic heterocycles. The van der Waals surface area contributed by atoms with Gasteiger partial charge in [0.05, 0.1) is 0 Å². The quantitative estimate of drug-likeness (QED) is 0.497. The highest BCUT2D eigenvalue weighted by Gasteiger charge is 2.07. The van der Waals surface area contributed by atoms with E-state index in [4.69, 9.17) is 5.11 Å². The molecule has 0 aliphatic rings. The number of allylic oxidation sites excluding steroid dienone is 3. The molecular weight excluding hydrogens is 212 g/mol. The Balaban J connectivity index is 3.74. The molecule has 2 heteroatoms. The SMILES string of the molecule is CC=C(CCCC(C)CCC=C(C)C)C(=O)O. The van der Waals surface area contributed by atoms with Gasteiger partial charge in [-0.25, -0.2) is 4.79 Å². The van der Waals surface area contributed by atoms with E-state index in [9.17, 15) is 4.79 Å². The van der Waals surface area contributed by atoms with Gasteiger partial charge in [0.1, 0.15) is 0 Å². The Labute approximate surface area is 105 Å². The number of carboxylic acid groups (broad SMARTS) is 1. The monoisotopic (exact) mass is 238 g/mol. The molecule has 0 amide bonds. The van der Waals surface area contributed by atoms with Crippen LogP contribution in [0.3, 0.4) is 0 Å². The normalized spacial score (nSPS) is 13.3. The van der Waals surface area contributed by atoms with E-state index in [1.54, 1.807) is 13.0 Å². The van der Waals surface area contributed by atoms with Gasteiger partial charge in [-0.1, -0.05) is 31.1 Å². The summed E-state index contributed by atoms with van der Waals surface area (Å²) in [6.45, 7) is 8.28. The van der Waals surface area contributed by atoms with E-state index < -0.39 is 5.97 Å². The lowest BCUT2D eigenvalue weighted by atomic mass is 9.96. The number of rotatable bonds is 8. The van der Waals surface area contributed by atoms with Crippen molar-refractivity contribution in [1.29, 1.82) is 0 Å². The summed E-state index contributed by atoms with van der Waals surface area (Å²) in [6.07, 6.45) is 9.09. The van der Waals surface area contributed by atoms with E-state index in [1.807, 2.05) is 0 Å². The van der Waals surface area contributed by atoms with Crippen LogP contribution < -0.4 is 0 Å². The lowest BCUT2D eigenvalue weighted by Crippen LogP contribution is -2.01. The summed E-state index contributed by atoms with van der Waals surface area (Å²) in [4.78, 5) is 10.8. The Kier molecular flexibility index (Phi) is 8.47. The van der Waals surface area contributed by atoms with Crippen LogP contribution in [0.5, 0.6) is 0 Å². The van der Waals surface area contributed by atoms with E-state index in [-0.39, 0.29) is 0 Å². The molecular formula is C15H26O2. The van der Waals surface area contributed by atoms with Crippen LogP contribution in [0.15, 0.2) is 23.3 Å². The van der Waals surface area contributed by atoms with Gasteiger partial charge in [0, 0.05) is 5.57 Å². The van der Waals surface area contributed by atoms with Crippen LogP contribution >= 0.6 is 0 Å². The first-order valence-electron chi connectivity index (χ1n) is 6.49. The largest absolute Gasteiger partial charge is 0.478 e. The first-order valence-corrected chi connectivity index (χ1v) is 6.49. The van der Waals surface area contributed by atoms with E-state index >= 15 is 0 Å². The van der Waals surface area contributed by atoms with Crippen molar-refractivity contribution in [3.8, 4) is 0 Å². The Hall–Kier alpha value is -1.05. The van der Waals surface area contributed by atoms with Gasteiger partial charge in [-0.3, -0.25) is 0 Å². The second kappa shape index (κ2) is 9.03. The number of carbonyl (C=O) groups is 1. The number of hydrogen-bond donors (Lipinski definition) is 1. The molecule has 1 unspecified atom stereocenters. The Bertz CT molecular complexity index is 283. The molecule has 2 nitrogen and oxygen atoms in total. The average Bonchev–Trinajstić information content (AvgIpc) is 2.23. The second-order valence-corrected chi connectivity index (χ2v) is 4.98. The Morgan fingerprint density at radius 3 is 2.41 bits per heavy atom. The van der Waals surface area contributed by atoms with Crippen LogP contribution in [-0.2, 0) is 4.79 Å². The van der Waals surface area contributed by atoms with E-state index in [0.717, 1.165) is 19.3 Å². The van der Waals surface area contributed by atoms with Crippen molar-refractivity contribution in [2.45, 2.75) is 59.8 Å². The van der Waals surface area contributed by atoms with Gasteiger partial charge in [-0.15, -0.1) is 0 Å². The molecule has 17 heavy (non-hydrogen) atoms. The zero-order valence-electron chi connectivity index (χ0n) is 11.6. The molecule has 0 bridgehead atoms. The molecule has 0 fully saturated rings. The maximum Gasteiger partial charge on any atom is 0.331 e. The van der Waals surface area contributed by atoms with Crippen molar-refractivity contribution in [3.63, 3.8) is 0 Å². The molecule has 0 radical (unpaired) electrons. The van der Waals surface area contributed by atoms with Gasteiger partial charge in [0.2, 0.25) is 0 Å². The smallest absolute Gasteiger partial charge is 0.331 e. The maximum atomic E-state index is 10.8. The van der Waals surface area contributed by atoms with Crippen LogP contribution in [-0.4, -0.2) is 11.1 Å². The highest BCUT2D eigenvalue weighted by Crippen LogP contribution is 2.17. The van der Waals surface area contributed by atoms with Crippen LogP contribution in [0.1, 0.15) is 59.8 Å². The van der Waals surface area contributed by atoms with Gasteiger partial charge in [-0.2, -0.15) is 0 Å². The molecule has 0 aromatic rings. The molecule has 0 rings (SSSR count). The first-order chi connectivity index (χ1) is 7.97. The van der Waals surface area contributed by atoms with E-state index in [0.29, 0.717) is 17.9 Å². The van der Waals surface area contributed by atoms with Crippen molar-refractivity contribution >= 4 is 5.97 Å². The van der Waals surface area contributed by atoms with Crippen molar-refractivity contribution in [1.82, 2.24) is 0 Å². The van der Waals surface area contributed by atoms with E-state index in [2.05, 4.69) is 26.8 Å². The van der Waals surface area contributed by atoms with Crippen LogP contribution in [0.25, 0.3) is 0 Å². The molecule has 0 aliphatic carbocycles. The zero-order chi connectivity index (χ0) is 13.3. The lowest BCUT2D eigenvalue weighted by Gasteiger charge is -2.10. The molecule has 1 atom stereocenters. The molecule has 0 saturated carbocycles. The van der Waals surface area contributed by atoms with E-state index in [1.165, 1.54) is 12.0 Å². The molecule has 0 spiro atoms. The van der Waals surface area contributed by atoms with Gasteiger partial charge in [0.15, 0.2) is 0 Å². The van der Waals surface area contributed by atoms with Crippen molar-refractivity contribution in [2.24, 2.45) is 5.92 Å². The van der Waals surface area contributed by atoms with Crippen molar-refractivity contribution < 1.29 is 9.90 Å². The number of aliphatic carboxylic acids is 1. The highest BCUT2D eigenvalue weighted by atomic mass is 16.4. The van der Waals surface area contributed by atoms with Crippen molar-refractivity contribution in [2.75, 3.05) is 0 Å². The summed E-state index contributed by atoms with van der Waals surface area (Å²) in [5.41, 5.74) is 1.92. The maximum absolute atomic E-state index is 10.8. The fraction of sp³-hybridized carbons (Fsp3) is 0.667. The fourth-order valence-corrected chi connectivity index (χ4v) is 1.82.